The Hall–Kier alpha value is -1.33. The third-order valence-electron chi connectivity index (χ3n) is 4.01. The second kappa shape index (κ2) is 6.20. The SMILES string of the molecule is CC1CCC(NC(=O)/C=C/c2c(Cl)nc3sccn23)CC1. The molecular formula is C15H18ClN3OS. The molecule has 0 saturated heterocycles. The third-order valence-corrected chi connectivity index (χ3v) is 5.04. The zero-order valence-electron chi connectivity index (χ0n) is 11.9. The van der Waals surface area contributed by atoms with E-state index in [1.807, 2.05) is 16.0 Å². The van der Waals surface area contributed by atoms with E-state index in [1.165, 1.54) is 24.2 Å². The van der Waals surface area contributed by atoms with Crippen LogP contribution >= 0.6 is 22.9 Å². The molecule has 0 atom stereocenters. The molecule has 2 aromatic rings. The second-order valence-corrected chi connectivity index (χ2v) is 6.87. The quantitative estimate of drug-likeness (QED) is 0.874. The van der Waals surface area contributed by atoms with Crippen molar-refractivity contribution in [3.8, 4) is 0 Å². The molecule has 0 radical (unpaired) electrons. The first-order valence-electron chi connectivity index (χ1n) is 7.23. The molecule has 0 spiro atoms. The van der Waals surface area contributed by atoms with Crippen LogP contribution in [0.4, 0.5) is 0 Å². The molecule has 1 fully saturated rings. The zero-order valence-corrected chi connectivity index (χ0v) is 13.5. The average molecular weight is 324 g/mol. The molecule has 0 bridgehead atoms. The summed E-state index contributed by atoms with van der Waals surface area (Å²) in [5.41, 5.74) is 0.750. The van der Waals surface area contributed by atoms with Crippen LogP contribution in [0.3, 0.4) is 0 Å². The predicted octanol–water partition coefficient (Wildman–Crippen LogP) is 3.76. The molecular weight excluding hydrogens is 306 g/mol. The van der Waals surface area contributed by atoms with Gasteiger partial charge in [0, 0.05) is 23.7 Å². The summed E-state index contributed by atoms with van der Waals surface area (Å²) in [7, 11) is 0. The third kappa shape index (κ3) is 3.30. The maximum absolute atomic E-state index is 12.0. The fraction of sp³-hybridized carbons (Fsp3) is 0.467. The van der Waals surface area contributed by atoms with Gasteiger partial charge in [-0.15, -0.1) is 11.3 Å². The lowest BCUT2D eigenvalue weighted by atomic mass is 9.87. The van der Waals surface area contributed by atoms with Gasteiger partial charge in [-0.05, 0) is 37.7 Å². The summed E-state index contributed by atoms with van der Waals surface area (Å²) in [6.45, 7) is 2.27. The van der Waals surface area contributed by atoms with Crippen LogP contribution in [-0.4, -0.2) is 21.3 Å². The Labute approximate surface area is 132 Å². The van der Waals surface area contributed by atoms with E-state index in [1.54, 1.807) is 12.2 Å². The molecule has 112 valence electrons. The van der Waals surface area contributed by atoms with E-state index in [0.29, 0.717) is 11.2 Å². The molecule has 0 aliphatic heterocycles. The van der Waals surface area contributed by atoms with Gasteiger partial charge in [-0.25, -0.2) is 4.98 Å². The number of hydrogen-bond donors (Lipinski definition) is 1. The number of carbonyl (C=O) groups is 1. The minimum atomic E-state index is -0.0594. The van der Waals surface area contributed by atoms with Crippen molar-refractivity contribution in [2.24, 2.45) is 5.92 Å². The summed E-state index contributed by atoms with van der Waals surface area (Å²) >= 11 is 7.61. The van der Waals surface area contributed by atoms with E-state index in [2.05, 4.69) is 17.2 Å². The van der Waals surface area contributed by atoms with Crippen molar-refractivity contribution in [3.05, 3.63) is 28.5 Å². The van der Waals surface area contributed by atoms with E-state index >= 15 is 0 Å². The predicted molar refractivity (Wildman–Crippen MR) is 86.7 cm³/mol. The maximum Gasteiger partial charge on any atom is 0.244 e. The molecule has 1 aliphatic rings. The van der Waals surface area contributed by atoms with E-state index in [9.17, 15) is 4.79 Å². The van der Waals surface area contributed by atoms with Gasteiger partial charge in [-0.1, -0.05) is 18.5 Å². The number of halogens is 1. The summed E-state index contributed by atoms with van der Waals surface area (Å²) in [5.74, 6) is 0.724. The number of amides is 1. The van der Waals surface area contributed by atoms with Crippen LogP contribution in [0.2, 0.25) is 5.15 Å². The molecule has 1 N–H and O–H groups in total. The number of rotatable bonds is 3. The van der Waals surface area contributed by atoms with E-state index in [-0.39, 0.29) is 5.91 Å². The first-order valence-corrected chi connectivity index (χ1v) is 8.49. The lowest BCUT2D eigenvalue weighted by Gasteiger charge is -2.26. The van der Waals surface area contributed by atoms with Gasteiger partial charge in [-0.2, -0.15) is 0 Å². The van der Waals surface area contributed by atoms with Crippen LogP contribution in [-0.2, 0) is 4.79 Å². The smallest absolute Gasteiger partial charge is 0.244 e. The van der Waals surface area contributed by atoms with E-state index in [4.69, 9.17) is 11.6 Å². The molecule has 3 rings (SSSR count). The molecule has 2 aromatic heterocycles. The van der Waals surface area contributed by atoms with Crippen LogP contribution in [0, 0.1) is 5.92 Å². The van der Waals surface area contributed by atoms with Gasteiger partial charge in [0.25, 0.3) is 0 Å². The number of thiazole rings is 1. The lowest BCUT2D eigenvalue weighted by molar-refractivity contribution is -0.117. The number of fused-ring (bicyclic) bond motifs is 1. The molecule has 0 aromatic carbocycles. The fourth-order valence-electron chi connectivity index (χ4n) is 2.73. The Balaban J connectivity index is 1.64. The van der Waals surface area contributed by atoms with Crippen molar-refractivity contribution >= 4 is 39.9 Å². The van der Waals surface area contributed by atoms with Gasteiger partial charge >= 0.3 is 0 Å². The standard InChI is InChI=1S/C15H18ClN3OS/c1-10-2-4-11(5-3-10)17-13(20)7-6-12-14(16)18-15-19(12)8-9-21-15/h6-11H,2-5H2,1H3,(H,17,20)/b7-6+. The summed E-state index contributed by atoms with van der Waals surface area (Å²) in [5, 5.41) is 5.44. The van der Waals surface area contributed by atoms with E-state index < -0.39 is 0 Å². The minimum absolute atomic E-state index is 0.0594. The largest absolute Gasteiger partial charge is 0.350 e. The normalized spacial score (nSPS) is 23.0. The topological polar surface area (TPSA) is 46.4 Å². The van der Waals surface area contributed by atoms with E-state index in [0.717, 1.165) is 29.4 Å². The average Bonchev–Trinajstić information content (AvgIpc) is 3.00. The van der Waals surface area contributed by atoms with Crippen LogP contribution in [0.15, 0.2) is 17.7 Å². The van der Waals surface area contributed by atoms with Crippen molar-refractivity contribution < 1.29 is 4.79 Å². The van der Waals surface area contributed by atoms with Crippen molar-refractivity contribution in [3.63, 3.8) is 0 Å². The number of nitrogens with zero attached hydrogens (tertiary/aromatic N) is 2. The summed E-state index contributed by atoms with van der Waals surface area (Å²) in [6, 6.07) is 0.306. The van der Waals surface area contributed by atoms with Crippen molar-refractivity contribution in [2.45, 2.75) is 38.6 Å². The number of carbonyl (C=O) groups excluding carboxylic acids is 1. The Morgan fingerprint density at radius 3 is 3.00 bits per heavy atom. The molecule has 21 heavy (non-hydrogen) atoms. The van der Waals surface area contributed by atoms with Crippen LogP contribution in [0.1, 0.15) is 38.3 Å². The van der Waals surface area contributed by atoms with Gasteiger partial charge in [0.05, 0.1) is 5.69 Å². The highest BCUT2D eigenvalue weighted by atomic mass is 35.5. The Bertz CT molecular complexity index is 668. The lowest BCUT2D eigenvalue weighted by Crippen LogP contribution is -2.36. The Morgan fingerprint density at radius 1 is 1.48 bits per heavy atom. The number of imidazole rings is 1. The number of hydrogen-bond acceptors (Lipinski definition) is 3. The first kappa shape index (κ1) is 14.6. The maximum atomic E-state index is 12.0. The van der Waals surface area contributed by atoms with Crippen LogP contribution < -0.4 is 5.32 Å². The monoisotopic (exact) mass is 323 g/mol. The van der Waals surface area contributed by atoms with Crippen molar-refractivity contribution in [1.29, 1.82) is 0 Å². The molecule has 2 heterocycles. The summed E-state index contributed by atoms with van der Waals surface area (Å²) < 4.78 is 1.89. The van der Waals surface area contributed by atoms with Crippen molar-refractivity contribution in [1.82, 2.24) is 14.7 Å². The molecule has 1 amide bonds. The van der Waals surface area contributed by atoms with Crippen LogP contribution in [0.5, 0.6) is 0 Å². The van der Waals surface area contributed by atoms with Gasteiger partial charge < -0.3 is 5.32 Å². The second-order valence-electron chi connectivity index (χ2n) is 5.64. The van der Waals surface area contributed by atoms with Gasteiger partial charge in [0.15, 0.2) is 10.1 Å². The van der Waals surface area contributed by atoms with Crippen molar-refractivity contribution in [2.75, 3.05) is 0 Å². The highest BCUT2D eigenvalue weighted by molar-refractivity contribution is 7.15. The number of aromatic nitrogens is 2. The molecule has 1 saturated carbocycles. The first-order chi connectivity index (χ1) is 10.1. The molecule has 1 aliphatic carbocycles. The van der Waals surface area contributed by atoms with Gasteiger partial charge in [0.1, 0.15) is 0 Å². The van der Waals surface area contributed by atoms with Gasteiger partial charge in [0.2, 0.25) is 5.91 Å². The van der Waals surface area contributed by atoms with Crippen LogP contribution in [0.25, 0.3) is 11.0 Å². The fourth-order valence-corrected chi connectivity index (χ4v) is 3.74. The molecule has 4 nitrogen and oxygen atoms in total. The Morgan fingerprint density at radius 2 is 2.24 bits per heavy atom. The Kier molecular flexibility index (Phi) is 4.31. The summed E-state index contributed by atoms with van der Waals surface area (Å²) in [4.78, 5) is 17.1. The highest BCUT2D eigenvalue weighted by Crippen LogP contribution is 2.24. The van der Waals surface area contributed by atoms with Gasteiger partial charge in [-0.3, -0.25) is 9.20 Å². The number of nitrogens with one attached hydrogen (secondary N) is 1. The zero-order chi connectivity index (χ0) is 14.8. The minimum Gasteiger partial charge on any atom is -0.350 e. The molecule has 6 heteroatoms. The molecule has 0 unspecified atom stereocenters. The summed E-state index contributed by atoms with van der Waals surface area (Å²) in [6.07, 6.45) is 9.71. The highest BCUT2D eigenvalue weighted by Gasteiger charge is 2.19.